The second-order valence-electron chi connectivity index (χ2n) is 8.02. The zero-order chi connectivity index (χ0) is 22.0. The highest BCUT2D eigenvalue weighted by atomic mass is 16.1. The van der Waals surface area contributed by atoms with Gasteiger partial charge in [-0.1, -0.05) is 48.9 Å². The smallest absolute Gasteiger partial charge is 0.263 e. The molecule has 1 N–H and O–H groups in total. The third-order valence-corrected chi connectivity index (χ3v) is 5.63. The quantitative estimate of drug-likeness (QED) is 0.501. The van der Waals surface area contributed by atoms with Crippen LogP contribution < -0.4 is 10.9 Å². The fourth-order valence-electron chi connectivity index (χ4n) is 3.67. The summed E-state index contributed by atoms with van der Waals surface area (Å²) in [5.74, 6) is 1.15. The minimum Gasteiger partial charge on any atom is -0.354 e. The molecular weight excluding hydrogens is 390 g/mol. The van der Waals surface area contributed by atoms with Crippen LogP contribution in [0.5, 0.6) is 0 Å². The van der Waals surface area contributed by atoms with E-state index in [1.165, 1.54) is 5.56 Å². The topological polar surface area (TPSA) is 81.3 Å². The fourth-order valence-corrected chi connectivity index (χ4v) is 3.67. The highest BCUT2D eigenvalue weighted by Crippen LogP contribution is 2.17. The zero-order valence-corrected chi connectivity index (χ0v) is 18.1. The number of carbonyl (C=O) groups is 1. The van der Waals surface area contributed by atoms with Crippen LogP contribution in [0.15, 0.2) is 53.3 Å². The first-order chi connectivity index (χ1) is 15.0. The maximum absolute atomic E-state index is 13.3. The number of hydrogen-bond acceptors (Lipinski definition) is 4. The Hall–Kier alpha value is -3.48. The van der Waals surface area contributed by atoms with E-state index in [0.717, 1.165) is 17.5 Å². The van der Waals surface area contributed by atoms with Crippen LogP contribution in [0, 0.1) is 6.92 Å². The average molecular weight is 418 g/mol. The zero-order valence-electron chi connectivity index (χ0n) is 18.1. The van der Waals surface area contributed by atoms with Crippen molar-refractivity contribution < 1.29 is 4.79 Å². The Morgan fingerprint density at radius 1 is 1.10 bits per heavy atom. The van der Waals surface area contributed by atoms with Gasteiger partial charge in [0.2, 0.25) is 11.7 Å². The molecule has 0 spiro atoms. The first kappa shape index (κ1) is 20.8. The molecular formula is C24H27N5O2. The lowest BCUT2D eigenvalue weighted by molar-refractivity contribution is -0.121. The number of carbonyl (C=O) groups excluding carboxylic acids is 1. The molecule has 0 aliphatic heterocycles. The van der Waals surface area contributed by atoms with E-state index in [4.69, 9.17) is 0 Å². The summed E-state index contributed by atoms with van der Waals surface area (Å²) in [6, 6.07) is 15.7. The third kappa shape index (κ3) is 4.21. The number of benzene rings is 2. The molecule has 1 amide bonds. The van der Waals surface area contributed by atoms with Crippen LogP contribution in [0.2, 0.25) is 0 Å². The van der Waals surface area contributed by atoms with E-state index in [2.05, 4.69) is 15.5 Å². The van der Waals surface area contributed by atoms with Crippen molar-refractivity contribution in [2.45, 2.75) is 52.6 Å². The molecule has 7 heteroatoms. The van der Waals surface area contributed by atoms with Gasteiger partial charge in [-0.2, -0.15) is 0 Å². The molecule has 4 rings (SSSR count). The van der Waals surface area contributed by atoms with Gasteiger partial charge in [0.15, 0.2) is 0 Å². The number of rotatable bonds is 7. The summed E-state index contributed by atoms with van der Waals surface area (Å²) in [6.45, 7) is 6.46. The molecule has 0 fully saturated rings. The fraction of sp³-hybridized carbons (Fsp3) is 0.333. The molecule has 1 unspecified atom stereocenters. The lowest BCUT2D eigenvalue weighted by Crippen LogP contribution is -2.32. The molecule has 31 heavy (non-hydrogen) atoms. The van der Waals surface area contributed by atoms with E-state index in [1.54, 1.807) is 4.57 Å². The molecule has 0 saturated heterocycles. The Morgan fingerprint density at radius 3 is 2.58 bits per heavy atom. The Bertz CT molecular complexity index is 1290. The molecule has 2 heterocycles. The molecule has 0 bridgehead atoms. The number of para-hydroxylation sites is 1. The predicted molar refractivity (Wildman–Crippen MR) is 121 cm³/mol. The van der Waals surface area contributed by atoms with Gasteiger partial charge < -0.3 is 5.32 Å². The first-order valence-electron chi connectivity index (χ1n) is 10.7. The van der Waals surface area contributed by atoms with Gasteiger partial charge in [-0.25, -0.2) is 0 Å². The van der Waals surface area contributed by atoms with Crippen molar-refractivity contribution in [3.05, 3.63) is 75.8 Å². The minimum absolute atomic E-state index is 0.0108. The third-order valence-electron chi connectivity index (χ3n) is 5.63. The number of nitrogens with zero attached hydrogens (tertiary/aromatic N) is 4. The average Bonchev–Trinajstić information content (AvgIpc) is 3.20. The Balaban J connectivity index is 1.76. The standard InChI is InChI=1S/C24H27N5O2/c1-4-17(3)25-22(30)14-13-21-26-27-24-28(15-18-11-9-16(2)10-12-18)23(31)19-7-5-6-8-20(19)29(21)24/h5-12,17H,4,13-15H2,1-3H3,(H,25,30). The molecule has 4 aromatic rings. The SMILES string of the molecule is CCC(C)NC(=O)CCc1nnc2n(Cc3ccc(C)cc3)c(=O)c3ccccc3n12. The summed E-state index contributed by atoms with van der Waals surface area (Å²) in [6.07, 6.45) is 1.64. The molecule has 0 aliphatic carbocycles. The van der Waals surface area contributed by atoms with Crippen LogP contribution >= 0.6 is 0 Å². The van der Waals surface area contributed by atoms with Gasteiger partial charge >= 0.3 is 0 Å². The highest BCUT2D eigenvalue weighted by molar-refractivity contribution is 5.80. The number of fused-ring (bicyclic) bond motifs is 3. The van der Waals surface area contributed by atoms with Gasteiger partial charge in [0.05, 0.1) is 17.4 Å². The monoisotopic (exact) mass is 417 g/mol. The first-order valence-corrected chi connectivity index (χ1v) is 10.7. The molecule has 0 radical (unpaired) electrons. The second-order valence-corrected chi connectivity index (χ2v) is 8.02. The van der Waals surface area contributed by atoms with E-state index in [9.17, 15) is 9.59 Å². The molecule has 7 nitrogen and oxygen atoms in total. The Labute approximate surface area is 180 Å². The van der Waals surface area contributed by atoms with Crippen molar-refractivity contribution in [2.75, 3.05) is 0 Å². The van der Waals surface area contributed by atoms with Gasteiger partial charge in [-0.05, 0) is 38.0 Å². The lowest BCUT2D eigenvalue weighted by atomic mass is 10.1. The lowest BCUT2D eigenvalue weighted by Gasteiger charge is -2.12. The maximum atomic E-state index is 13.3. The molecule has 0 saturated carbocycles. The number of aryl methyl sites for hydroxylation is 2. The van der Waals surface area contributed by atoms with Crippen molar-refractivity contribution >= 4 is 22.6 Å². The van der Waals surface area contributed by atoms with Gasteiger partial charge in [0, 0.05) is 18.9 Å². The molecule has 2 aromatic carbocycles. The van der Waals surface area contributed by atoms with Gasteiger partial charge in [-0.15, -0.1) is 10.2 Å². The second kappa shape index (κ2) is 8.71. The number of aromatic nitrogens is 4. The van der Waals surface area contributed by atoms with Crippen LogP contribution in [-0.4, -0.2) is 31.1 Å². The number of hydrogen-bond donors (Lipinski definition) is 1. The summed E-state index contributed by atoms with van der Waals surface area (Å²) in [5.41, 5.74) is 2.84. The Kier molecular flexibility index (Phi) is 5.84. The normalized spacial score (nSPS) is 12.4. The highest BCUT2D eigenvalue weighted by Gasteiger charge is 2.17. The van der Waals surface area contributed by atoms with Gasteiger partial charge in [-0.3, -0.25) is 18.6 Å². The molecule has 0 aliphatic rings. The number of amides is 1. The van der Waals surface area contributed by atoms with Crippen molar-refractivity contribution in [1.82, 2.24) is 24.5 Å². The number of nitrogens with one attached hydrogen (secondary N) is 1. The van der Waals surface area contributed by atoms with Gasteiger partial charge in [0.25, 0.3) is 5.56 Å². The van der Waals surface area contributed by atoms with Gasteiger partial charge in [0.1, 0.15) is 5.82 Å². The van der Waals surface area contributed by atoms with Crippen molar-refractivity contribution in [3.63, 3.8) is 0 Å². The van der Waals surface area contributed by atoms with Crippen LogP contribution in [0.25, 0.3) is 16.7 Å². The summed E-state index contributed by atoms with van der Waals surface area (Å²) in [7, 11) is 0. The van der Waals surface area contributed by atoms with E-state index >= 15 is 0 Å². The van der Waals surface area contributed by atoms with Crippen LogP contribution in [0.4, 0.5) is 0 Å². The van der Waals surface area contributed by atoms with Crippen molar-refractivity contribution in [2.24, 2.45) is 0 Å². The van der Waals surface area contributed by atoms with Crippen LogP contribution in [0.3, 0.4) is 0 Å². The summed E-state index contributed by atoms with van der Waals surface area (Å²) >= 11 is 0. The summed E-state index contributed by atoms with van der Waals surface area (Å²) in [4.78, 5) is 25.5. The van der Waals surface area contributed by atoms with E-state index in [1.807, 2.05) is 73.7 Å². The maximum Gasteiger partial charge on any atom is 0.263 e. The summed E-state index contributed by atoms with van der Waals surface area (Å²) in [5, 5.41) is 12.3. The summed E-state index contributed by atoms with van der Waals surface area (Å²) < 4.78 is 3.56. The molecule has 2 aromatic heterocycles. The van der Waals surface area contributed by atoms with E-state index < -0.39 is 0 Å². The Morgan fingerprint density at radius 2 is 1.84 bits per heavy atom. The molecule has 1 atom stereocenters. The van der Waals surface area contributed by atoms with E-state index in [-0.39, 0.29) is 17.5 Å². The van der Waals surface area contributed by atoms with Crippen LogP contribution in [-0.2, 0) is 17.8 Å². The minimum atomic E-state index is -0.0999. The largest absolute Gasteiger partial charge is 0.354 e. The molecule has 160 valence electrons. The van der Waals surface area contributed by atoms with E-state index in [0.29, 0.717) is 36.4 Å². The van der Waals surface area contributed by atoms with Crippen LogP contribution in [0.1, 0.15) is 43.6 Å². The predicted octanol–water partition coefficient (Wildman–Crippen LogP) is 3.25. The van der Waals surface area contributed by atoms with Crippen molar-refractivity contribution in [3.8, 4) is 0 Å². The van der Waals surface area contributed by atoms with Crippen molar-refractivity contribution in [1.29, 1.82) is 0 Å².